The van der Waals surface area contributed by atoms with Crippen LogP contribution in [0.2, 0.25) is 5.02 Å². The number of carbonyl (C=O) groups is 1. The molecule has 2 aromatic carbocycles. The summed E-state index contributed by atoms with van der Waals surface area (Å²) in [6.07, 6.45) is 2.28. The van der Waals surface area contributed by atoms with E-state index in [9.17, 15) is 17.6 Å². The van der Waals surface area contributed by atoms with Crippen LogP contribution in [0.15, 0.2) is 53.4 Å². The van der Waals surface area contributed by atoms with Gasteiger partial charge in [0.2, 0.25) is 15.9 Å². The van der Waals surface area contributed by atoms with Crippen molar-refractivity contribution < 1.29 is 17.6 Å². The Kier molecular flexibility index (Phi) is 6.69. The lowest BCUT2D eigenvalue weighted by molar-refractivity contribution is -0.122. The third-order valence-corrected chi connectivity index (χ3v) is 7.18. The maximum atomic E-state index is 13.1. The first-order chi connectivity index (χ1) is 13.4. The molecule has 0 aromatic heterocycles. The molecule has 28 heavy (non-hydrogen) atoms. The van der Waals surface area contributed by atoms with E-state index in [-0.39, 0.29) is 23.8 Å². The fourth-order valence-corrected chi connectivity index (χ4v) is 5.25. The lowest BCUT2D eigenvalue weighted by Gasteiger charge is -2.34. The molecule has 1 heterocycles. The molecule has 0 saturated carbocycles. The molecule has 1 fully saturated rings. The molecule has 3 rings (SSSR count). The lowest BCUT2D eigenvalue weighted by Crippen LogP contribution is -2.45. The first-order valence-corrected chi connectivity index (χ1v) is 11.0. The Morgan fingerprint density at radius 1 is 1.14 bits per heavy atom. The Labute approximate surface area is 169 Å². The second-order valence-corrected chi connectivity index (χ2v) is 9.09. The summed E-state index contributed by atoms with van der Waals surface area (Å²) < 4.78 is 40.5. The smallest absolute Gasteiger partial charge is 0.243 e. The van der Waals surface area contributed by atoms with Crippen LogP contribution in [0.1, 0.15) is 31.2 Å². The summed E-state index contributed by atoms with van der Waals surface area (Å²) in [6.45, 7) is 0.637. The number of nitrogens with one attached hydrogen (secondary N) is 1. The Hall–Kier alpha value is -1.96. The van der Waals surface area contributed by atoms with E-state index in [0.717, 1.165) is 30.5 Å². The number of hydrogen-bond donors (Lipinski definition) is 1. The number of amides is 1. The molecule has 0 unspecified atom stereocenters. The van der Waals surface area contributed by atoms with Gasteiger partial charge in [-0.1, -0.05) is 36.2 Å². The van der Waals surface area contributed by atoms with Crippen LogP contribution in [0.5, 0.6) is 0 Å². The van der Waals surface area contributed by atoms with E-state index in [1.807, 2.05) is 18.2 Å². The molecule has 1 saturated heterocycles. The molecule has 0 bridgehead atoms. The largest absolute Gasteiger partial charge is 0.352 e. The number of benzene rings is 2. The highest BCUT2D eigenvalue weighted by molar-refractivity contribution is 7.89. The fraction of sp³-hybridized carbons (Fsp3) is 0.350. The maximum absolute atomic E-state index is 13.1. The first-order valence-electron chi connectivity index (χ1n) is 9.15. The molecule has 5 nitrogen and oxygen atoms in total. The second kappa shape index (κ2) is 9.03. The fourth-order valence-electron chi connectivity index (χ4n) is 3.36. The summed E-state index contributed by atoms with van der Waals surface area (Å²) in [5, 5.41) is 3.38. The van der Waals surface area contributed by atoms with E-state index in [1.54, 1.807) is 6.07 Å². The molecule has 8 heteroatoms. The minimum absolute atomic E-state index is 0.0391. The van der Waals surface area contributed by atoms with Crippen molar-refractivity contribution in [1.82, 2.24) is 9.62 Å². The second-order valence-electron chi connectivity index (χ2n) is 6.79. The van der Waals surface area contributed by atoms with Gasteiger partial charge in [-0.15, -0.1) is 0 Å². The molecule has 0 radical (unpaired) electrons. The van der Waals surface area contributed by atoms with E-state index >= 15 is 0 Å². The van der Waals surface area contributed by atoms with Crippen molar-refractivity contribution in [3.63, 3.8) is 0 Å². The molecular formula is C20H22ClFN2O3S. The Morgan fingerprint density at radius 2 is 1.86 bits per heavy atom. The van der Waals surface area contributed by atoms with Gasteiger partial charge in [0.15, 0.2) is 0 Å². The number of rotatable bonds is 6. The number of nitrogens with zero attached hydrogens (tertiary/aromatic N) is 1. The molecule has 1 atom stereocenters. The Bertz CT molecular complexity index is 935. The van der Waals surface area contributed by atoms with E-state index in [1.165, 1.54) is 16.4 Å². The summed E-state index contributed by atoms with van der Waals surface area (Å²) in [6, 6.07) is 11.6. The molecule has 0 aliphatic carbocycles. The zero-order valence-corrected chi connectivity index (χ0v) is 16.8. The zero-order chi connectivity index (χ0) is 20.1. The standard InChI is InChI=1S/C20H22ClFN2O3S/c21-19-7-2-1-5-15(19)14-23-20(25)13-17-6-3-4-12-24(17)28(26,27)18-10-8-16(22)9-11-18/h1-2,5,7-11,17H,3-4,6,12-14H2,(H,23,25)/t17-/m1/s1. The van der Waals surface area contributed by atoms with Crippen LogP contribution in [0, 0.1) is 5.82 Å². The number of sulfonamides is 1. The van der Waals surface area contributed by atoms with Crippen molar-refractivity contribution in [2.45, 2.75) is 43.2 Å². The van der Waals surface area contributed by atoms with E-state index in [0.29, 0.717) is 18.0 Å². The highest BCUT2D eigenvalue weighted by Gasteiger charge is 2.34. The SMILES string of the molecule is O=C(C[C@H]1CCCCN1S(=O)(=O)c1ccc(F)cc1)NCc1ccccc1Cl. The third kappa shape index (κ3) is 4.90. The summed E-state index contributed by atoms with van der Waals surface area (Å²) in [5.41, 5.74) is 0.803. The molecule has 0 spiro atoms. The third-order valence-electron chi connectivity index (χ3n) is 4.85. The molecule has 2 aromatic rings. The van der Waals surface area contributed by atoms with Gasteiger partial charge in [0.05, 0.1) is 4.90 Å². The van der Waals surface area contributed by atoms with Gasteiger partial charge in [-0.05, 0) is 48.7 Å². The monoisotopic (exact) mass is 424 g/mol. The molecule has 1 aliphatic heterocycles. The van der Waals surface area contributed by atoms with Gasteiger partial charge >= 0.3 is 0 Å². The van der Waals surface area contributed by atoms with Crippen molar-refractivity contribution in [3.05, 3.63) is 64.9 Å². The van der Waals surface area contributed by atoms with Crippen LogP contribution >= 0.6 is 11.6 Å². The van der Waals surface area contributed by atoms with Crippen molar-refractivity contribution in [3.8, 4) is 0 Å². The molecule has 1 N–H and O–H groups in total. The minimum Gasteiger partial charge on any atom is -0.352 e. The number of halogens is 2. The number of piperidine rings is 1. The van der Waals surface area contributed by atoms with Crippen molar-refractivity contribution in [2.24, 2.45) is 0 Å². The van der Waals surface area contributed by atoms with Gasteiger partial charge in [0, 0.05) is 30.6 Å². The van der Waals surface area contributed by atoms with Gasteiger partial charge in [0.25, 0.3) is 0 Å². The highest BCUT2D eigenvalue weighted by atomic mass is 35.5. The van der Waals surface area contributed by atoms with Crippen LogP contribution < -0.4 is 5.32 Å². The first kappa shape index (κ1) is 20.8. The maximum Gasteiger partial charge on any atom is 0.243 e. The summed E-state index contributed by atoms with van der Waals surface area (Å²) in [4.78, 5) is 12.5. The van der Waals surface area contributed by atoms with Gasteiger partial charge < -0.3 is 5.32 Å². The van der Waals surface area contributed by atoms with E-state index in [4.69, 9.17) is 11.6 Å². The topological polar surface area (TPSA) is 66.5 Å². The number of hydrogen-bond acceptors (Lipinski definition) is 3. The zero-order valence-electron chi connectivity index (χ0n) is 15.3. The van der Waals surface area contributed by atoms with Gasteiger partial charge in [-0.3, -0.25) is 4.79 Å². The van der Waals surface area contributed by atoms with Crippen LogP contribution in [0.3, 0.4) is 0 Å². The normalized spacial score (nSPS) is 18.0. The quantitative estimate of drug-likeness (QED) is 0.768. The Morgan fingerprint density at radius 3 is 2.57 bits per heavy atom. The molecular weight excluding hydrogens is 403 g/mol. The van der Waals surface area contributed by atoms with Gasteiger partial charge in [-0.25, -0.2) is 12.8 Å². The van der Waals surface area contributed by atoms with E-state index in [2.05, 4.69) is 5.32 Å². The summed E-state index contributed by atoms with van der Waals surface area (Å²) >= 11 is 6.10. The summed E-state index contributed by atoms with van der Waals surface area (Å²) in [7, 11) is -3.78. The summed E-state index contributed by atoms with van der Waals surface area (Å²) in [5.74, 6) is -0.723. The number of carbonyl (C=O) groups excluding carboxylic acids is 1. The molecule has 1 amide bonds. The molecule has 150 valence electrons. The average Bonchev–Trinajstić information content (AvgIpc) is 2.68. The predicted octanol–water partition coefficient (Wildman–Crippen LogP) is 3.73. The van der Waals surface area contributed by atoms with Crippen molar-refractivity contribution in [2.75, 3.05) is 6.54 Å². The van der Waals surface area contributed by atoms with Crippen molar-refractivity contribution >= 4 is 27.5 Å². The molecule has 1 aliphatic rings. The minimum atomic E-state index is -3.78. The van der Waals surface area contributed by atoms with Crippen LogP contribution in [-0.4, -0.2) is 31.2 Å². The van der Waals surface area contributed by atoms with Gasteiger partial charge in [0.1, 0.15) is 5.82 Å². The van der Waals surface area contributed by atoms with Crippen LogP contribution in [-0.2, 0) is 21.4 Å². The van der Waals surface area contributed by atoms with Crippen LogP contribution in [0.25, 0.3) is 0 Å². The lowest BCUT2D eigenvalue weighted by atomic mass is 10.0. The van der Waals surface area contributed by atoms with Gasteiger partial charge in [-0.2, -0.15) is 4.31 Å². The van der Waals surface area contributed by atoms with E-state index < -0.39 is 21.9 Å². The van der Waals surface area contributed by atoms with Crippen LogP contribution in [0.4, 0.5) is 4.39 Å². The predicted molar refractivity (Wildman–Crippen MR) is 106 cm³/mol. The highest BCUT2D eigenvalue weighted by Crippen LogP contribution is 2.27. The Balaban J connectivity index is 1.68. The van der Waals surface area contributed by atoms with Crippen molar-refractivity contribution in [1.29, 1.82) is 0 Å². The average molecular weight is 425 g/mol.